The van der Waals surface area contributed by atoms with Gasteiger partial charge in [-0.3, -0.25) is 9.44 Å². The zero-order valence-electron chi connectivity index (χ0n) is 15.1. The van der Waals surface area contributed by atoms with Gasteiger partial charge in [0.05, 0.1) is 16.3 Å². The van der Waals surface area contributed by atoms with Crippen LogP contribution in [0.15, 0.2) is 76.5 Å². The number of anilines is 2. The van der Waals surface area contributed by atoms with Crippen molar-refractivity contribution in [2.45, 2.75) is 16.7 Å². The Morgan fingerprint density at radius 3 is 2.10 bits per heavy atom. The van der Waals surface area contributed by atoms with Crippen LogP contribution in [0.5, 0.6) is 0 Å². The second-order valence-electron chi connectivity index (χ2n) is 6.18. The number of hydrogen-bond acceptors (Lipinski definition) is 4. The van der Waals surface area contributed by atoms with Gasteiger partial charge in [-0.25, -0.2) is 21.2 Å². The summed E-state index contributed by atoms with van der Waals surface area (Å²) in [5.74, 6) is -0.908. The van der Waals surface area contributed by atoms with E-state index in [-0.39, 0.29) is 16.3 Å². The van der Waals surface area contributed by atoms with Crippen LogP contribution in [0.1, 0.15) is 5.56 Å². The van der Waals surface area contributed by atoms with Crippen LogP contribution in [0.3, 0.4) is 0 Å². The minimum Gasteiger partial charge on any atom is -0.280 e. The van der Waals surface area contributed by atoms with Crippen molar-refractivity contribution in [1.82, 2.24) is 0 Å². The third-order valence-corrected chi connectivity index (χ3v) is 6.86. The summed E-state index contributed by atoms with van der Waals surface area (Å²) in [5, 5.41) is 0.354. The van der Waals surface area contributed by atoms with Crippen LogP contribution in [0.4, 0.5) is 15.8 Å². The molecule has 0 bridgehead atoms. The van der Waals surface area contributed by atoms with Crippen molar-refractivity contribution in [1.29, 1.82) is 0 Å². The number of benzene rings is 3. The summed E-state index contributed by atoms with van der Waals surface area (Å²) >= 11 is 5.86. The Labute approximate surface area is 173 Å². The molecule has 10 heteroatoms. The van der Waals surface area contributed by atoms with E-state index in [4.69, 9.17) is 11.6 Å². The van der Waals surface area contributed by atoms with Gasteiger partial charge in [0.1, 0.15) is 10.7 Å². The van der Waals surface area contributed by atoms with E-state index in [1.54, 1.807) is 19.1 Å². The fourth-order valence-electron chi connectivity index (χ4n) is 2.52. The lowest BCUT2D eigenvalue weighted by Gasteiger charge is -2.12. The number of rotatable bonds is 6. The van der Waals surface area contributed by atoms with E-state index in [1.165, 1.54) is 42.5 Å². The maximum atomic E-state index is 14.0. The molecule has 6 nitrogen and oxygen atoms in total. The standard InChI is InChI=1S/C19H16ClFN2O4S2/c1-13-8-9-18(21)19(10-13)29(26,27)23-16-6-3-7-17(12-16)28(24,25)22-15-5-2-4-14(20)11-15/h2-12,22-23H,1H3. The number of hydrogen-bond donors (Lipinski definition) is 2. The highest BCUT2D eigenvalue weighted by Gasteiger charge is 2.21. The van der Waals surface area contributed by atoms with Crippen LogP contribution in [-0.2, 0) is 20.0 Å². The molecule has 3 aromatic carbocycles. The largest absolute Gasteiger partial charge is 0.280 e. The first kappa shape index (κ1) is 21.1. The second-order valence-corrected chi connectivity index (χ2v) is 9.95. The highest BCUT2D eigenvalue weighted by Crippen LogP contribution is 2.24. The molecule has 0 aromatic heterocycles. The van der Waals surface area contributed by atoms with Gasteiger partial charge in [-0.05, 0) is 61.0 Å². The van der Waals surface area contributed by atoms with Crippen molar-refractivity contribution < 1.29 is 21.2 Å². The molecule has 3 rings (SSSR count). The van der Waals surface area contributed by atoms with E-state index in [0.29, 0.717) is 10.6 Å². The molecule has 0 spiro atoms. The summed E-state index contributed by atoms with van der Waals surface area (Å²) in [6.45, 7) is 1.63. The van der Waals surface area contributed by atoms with Gasteiger partial charge in [-0.2, -0.15) is 0 Å². The predicted molar refractivity (Wildman–Crippen MR) is 111 cm³/mol. The van der Waals surface area contributed by atoms with E-state index >= 15 is 0 Å². The molecule has 0 aliphatic carbocycles. The van der Waals surface area contributed by atoms with Crippen molar-refractivity contribution in [3.05, 3.63) is 83.1 Å². The third-order valence-electron chi connectivity index (χ3n) is 3.85. The minimum absolute atomic E-state index is 0.0279. The monoisotopic (exact) mass is 454 g/mol. The smallest absolute Gasteiger partial charge is 0.264 e. The highest BCUT2D eigenvalue weighted by atomic mass is 35.5. The van der Waals surface area contributed by atoms with Crippen LogP contribution >= 0.6 is 11.6 Å². The van der Waals surface area contributed by atoms with E-state index in [2.05, 4.69) is 9.44 Å². The lowest BCUT2D eigenvalue weighted by atomic mass is 10.2. The first-order chi connectivity index (χ1) is 13.6. The van der Waals surface area contributed by atoms with Crippen LogP contribution in [0.2, 0.25) is 5.02 Å². The summed E-state index contributed by atoms with van der Waals surface area (Å²) < 4.78 is 68.8. The zero-order valence-corrected chi connectivity index (χ0v) is 17.4. The van der Waals surface area contributed by atoms with Gasteiger partial charge < -0.3 is 0 Å². The molecule has 152 valence electrons. The van der Waals surface area contributed by atoms with Gasteiger partial charge in [0, 0.05) is 5.02 Å². The minimum atomic E-state index is -4.25. The average molecular weight is 455 g/mol. The molecule has 0 heterocycles. The predicted octanol–water partition coefficient (Wildman–Crippen LogP) is 4.39. The van der Waals surface area contributed by atoms with Gasteiger partial charge in [0.15, 0.2) is 0 Å². The fourth-order valence-corrected chi connectivity index (χ4v) is 5.02. The molecule has 29 heavy (non-hydrogen) atoms. The SMILES string of the molecule is Cc1ccc(F)c(S(=O)(=O)Nc2cccc(S(=O)(=O)Nc3cccc(Cl)c3)c2)c1. The molecular formula is C19H16ClFN2O4S2. The van der Waals surface area contributed by atoms with Crippen LogP contribution < -0.4 is 9.44 Å². The van der Waals surface area contributed by atoms with E-state index < -0.39 is 30.8 Å². The zero-order chi connectivity index (χ0) is 21.2. The molecule has 0 unspecified atom stereocenters. The van der Waals surface area contributed by atoms with Crippen molar-refractivity contribution in [2.75, 3.05) is 9.44 Å². The van der Waals surface area contributed by atoms with Crippen molar-refractivity contribution in [3.8, 4) is 0 Å². The molecule has 0 amide bonds. The third kappa shape index (κ3) is 5.06. The van der Waals surface area contributed by atoms with Crippen molar-refractivity contribution in [2.24, 2.45) is 0 Å². The van der Waals surface area contributed by atoms with Crippen LogP contribution in [0, 0.1) is 12.7 Å². The summed E-state index contributed by atoms with van der Waals surface area (Å²) in [6, 6.07) is 15.0. The fraction of sp³-hybridized carbons (Fsp3) is 0.0526. The Balaban J connectivity index is 1.90. The van der Waals surface area contributed by atoms with E-state index in [9.17, 15) is 21.2 Å². The number of sulfonamides is 2. The van der Waals surface area contributed by atoms with Gasteiger partial charge >= 0.3 is 0 Å². The van der Waals surface area contributed by atoms with Crippen molar-refractivity contribution in [3.63, 3.8) is 0 Å². The topological polar surface area (TPSA) is 92.3 Å². The molecule has 0 atom stereocenters. The normalized spacial score (nSPS) is 11.8. The second kappa shape index (κ2) is 8.02. The number of aryl methyl sites for hydroxylation is 1. The molecule has 0 fully saturated rings. The molecular weight excluding hydrogens is 439 g/mol. The molecule has 0 saturated carbocycles. The maximum Gasteiger partial charge on any atom is 0.264 e. The van der Waals surface area contributed by atoms with Gasteiger partial charge in [-0.15, -0.1) is 0 Å². The highest BCUT2D eigenvalue weighted by molar-refractivity contribution is 7.93. The van der Waals surface area contributed by atoms with Crippen molar-refractivity contribution >= 4 is 43.0 Å². The van der Waals surface area contributed by atoms with Crippen LogP contribution in [-0.4, -0.2) is 16.8 Å². The number of nitrogens with one attached hydrogen (secondary N) is 2. The Bertz CT molecular complexity index is 1280. The summed E-state index contributed by atoms with van der Waals surface area (Å²) in [5.41, 5.74) is 0.791. The Kier molecular flexibility index (Phi) is 5.83. The Morgan fingerprint density at radius 1 is 0.793 bits per heavy atom. The summed E-state index contributed by atoms with van der Waals surface area (Å²) in [4.78, 5) is -0.704. The Morgan fingerprint density at radius 2 is 1.41 bits per heavy atom. The van der Waals surface area contributed by atoms with E-state index in [0.717, 1.165) is 12.1 Å². The molecule has 0 aliphatic heterocycles. The molecule has 3 aromatic rings. The lowest BCUT2D eigenvalue weighted by molar-refractivity contribution is 0.569. The van der Waals surface area contributed by atoms with Gasteiger partial charge in [-0.1, -0.05) is 29.8 Å². The van der Waals surface area contributed by atoms with E-state index in [1.807, 2.05) is 0 Å². The van der Waals surface area contributed by atoms with Crippen LogP contribution in [0.25, 0.3) is 0 Å². The molecule has 0 radical (unpaired) electrons. The lowest BCUT2D eigenvalue weighted by Crippen LogP contribution is -2.16. The van der Waals surface area contributed by atoms with Gasteiger partial charge in [0.25, 0.3) is 20.0 Å². The maximum absolute atomic E-state index is 14.0. The quantitative estimate of drug-likeness (QED) is 0.577. The van der Waals surface area contributed by atoms with Gasteiger partial charge in [0.2, 0.25) is 0 Å². The summed E-state index contributed by atoms with van der Waals surface area (Å²) in [6.07, 6.45) is 0. The average Bonchev–Trinajstić information content (AvgIpc) is 2.63. The number of halogens is 2. The molecule has 0 aliphatic rings. The first-order valence-electron chi connectivity index (χ1n) is 8.24. The Hall–Kier alpha value is -2.62. The molecule has 2 N–H and O–H groups in total. The first-order valence-corrected chi connectivity index (χ1v) is 11.6. The molecule has 0 saturated heterocycles. The summed E-state index contributed by atoms with van der Waals surface area (Å²) in [7, 11) is -8.26.